The van der Waals surface area contributed by atoms with Gasteiger partial charge in [-0.05, 0) is 58.3 Å². The third-order valence-corrected chi connectivity index (χ3v) is 6.29. The summed E-state index contributed by atoms with van der Waals surface area (Å²) >= 11 is 1.91. The minimum absolute atomic E-state index is 0.0731. The van der Waals surface area contributed by atoms with Crippen LogP contribution in [0.2, 0.25) is 0 Å². The van der Waals surface area contributed by atoms with Gasteiger partial charge in [-0.15, -0.1) is 11.3 Å². The number of hydrogen-bond acceptors (Lipinski definition) is 3. The maximum absolute atomic E-state index is 4.98. The molecule has 0 aromatic carbocycles. The maximum Gasteiger partial charge on any atom is 0.114 e. The molecule has 1 N–H and O–H groups in total. The summed E-state index contributed by atoms with van der Waals surface area (Å²) in [6, 6.07) is 0.487. The van der Waals surface area contributed by atoms with Crippen molar-refractivity contribution < 1.29 is 0 Å². The van der Waals surface area contributed by atoms with Crippen molar-refractivity contribution >= 4 is 11.3 Å². The van der Waals surface area contributed by atoms with Gasteiger partial charge in [0, 0.05) is 10.9 Å². The predicted octanol–water partition coefficient (Wildman–Crippen LogP) is 5.05. The smallest absolute Gasteiger partial charge is 0.114 e. The summed E-state index contributed by atoms with van der Waals surface area (Å²) in [4.78, 5) is 6.35. The Hall–Kier alpha value is -0.410. The van der Waals surface area contributed by atoms with Gasteiger partial charge in [0.2, 0.25) is 0 Å². The van der Waals surface area contributed by atoms with Crippen LogP contribution in [-0.4, -0.2) is 11.0 Å². The Morgan fingerprint density at radius 1 is 1.19 bits per heavy atom. The van der Waals surface area contributed by atoms with Gasteiger partial charge >= 0.3 is 0 Å². The molecule has 3 atom stereocenters. The van der Waals surface area contributed by atoms with Crippen molar-refractivity contribution in [3.8, 4) is 0 Å². The molecule has 120 valence electrons. The van der Waals surface area contributed by atoms with Crippen molar-refractivity contribution in [2.45, 2.75) is 79.3 Å². The Kier molecular flexibility index (Phi) is 5.15. The van der Waals surface area contributed by atoms with E-state index in [9.17, 15) is 0 Å². The average Bonchev–Trinajstić information content (AvgIpc) is 2.68. The van der Waals surface area contributed by atoms with Crippen LogP contribution in [0.1, 0.15) is 69.5 Å². The van der Waals surface area contributed by atoms with Crippen LogP contribution < -0.4 is 5.32 Å². The number of nitrogens with zero attached hydrogens (tertiary/aromatic N) is 1. The number of aryl methyl sites for hydroxylation is 2. The van der Waals surface area contributed by atoms with Gasteiger partial charge in [-0.25, -0.2) is 4.98 Å². The van der Waals surface area contributed by atoms with Crippen LogP contribution in [0.4, 0.5) is 0 Å². The van der Waals surface area contributed by atoms with Gasteiger partial charge in [0.05, 0.1) is 11.2 Å². The van der Waals surface area contributed by atoms with Gasteiger partial charge in [0.1, 0.15) is 5.01 Å². The van der Waals surface area contributed by atoms with Gasteiger partial charge in [-0.2, -0.15) is 0 Å². The van der Waals surface area contributed by atoms with E-state index in [1.54, 1.807) is 0 Å². The molecule has 3 heteroatoms. The number of rotatable bonds is 4. The number of nitrogens with one attached hydrogen (secondary N) is 1. The molecule has 1 aliphatic carbocycles. The van der Waals surface area contributed by atoms with E-state index in [1.165, 1.54) is 34.8 Å². The van der Waals surface area contributed by atoms with E-state index in [0.29, 0.717) is 17.9 Å². The zero-order valence-corrected chi connectivity index (χ0v) is 15.6. The predicted molar refractivity (Wildman–Crippen MR) is 92.9 cm³/mol. The first-order valence-corrected chi connectivity index (χ1v) is 9.30. The standard InChI is InChI=1S/C18H32N2S/c1-11(2)16-9-8-13(5)10-18(16,20-12(3)4)17-19-14(6)15(7)21-17/h11-13,16,20H,8-10H2,1-7H3. The minimum atomic E-state index is 0.0731. The van der Waals surface area contributed by atoms with Gasteiger partial charge in [0.15, 0.2) is 0 Å². The third-order valence-electron chi connectivity index (χ3n) is 5.04. The molecule has 2 nitrogen and oxygen atoms in total. The summed E-state index contributed by atoms with van der Waals surface area (Å²) in [7, 11) is 0. The first-order valence-electron chi connectivity index (χ1n) is 8.48. The highest BCUT2D eigenvalue weighted by molar-refractivity contribution is 7.11. The Morgan fingerprint density at radius 3 is 2.33 bits per heavy atom. The molecule has 1 heterocycles. The van der Waals surface area contributed by atoms with Crippen molar-refractivity contribution in [2.24, 2.45) is 17.8 Å². The molecule has 0 radical (unpaired) electrons. The molecule has 0 amide bonds. The van der Waals surface area contributed by atoms with Gasteiger partial charge in [0.25, 0.3) is 0 Å². The van der Waals surface area contributed by atoms with Crippen molar-refractivity contribution in [3.05, 3.63) is 15.6 Å². The Morgan fingerprint density at radius 2 is 1.86 bits per heavy atom. The molecule has 1 aromatic rings. The van der Waals surface area contributed by atoms with Crippen LogP contribution in [0.25, 0.3) is 0 Å². The molecule has 0 aliphatic heterocycles. The first-order chi connectivity index (χ1) is 9.76. The minimum Gasteiger partial charge on any atom is -0.303 e. The summed E-state index contributed by atoms with van der Waals surface area (Å²) in [5.41, 5.74) is 1.28. The lowest BCUT2D eigenvalue weighted by atomic mass is 9.65. The molecular weight excluding hydrogens is 276 g/mol. The molecule has 1 saturated carbocycles. The van der Waals surface area contributed by atoms with Gasteiger partial charge in [-0.1, -0.05) is 27.2 Å². The normalized spacial score (nSPS) is 30.3. The fraction of sp³-hybridized carbons (Fsp3) is 0.833. The van der Waals surface area contributed by atoms with E-state index in [4.69, 9.17) is 4.98 Å². The quantitative estimate of drug-likeness (QED) is 0.842. The summed E-state index contributed by atoms with van der Waals surface area (Å²) in [5.74, 6) is 2.14. The molecule has 0 saturated heterocycles. The van der Waals surface area contributed by atoms with Crippen molar-refractivity contribution in [1.82, 2.24) is 10.3 Å². The van der Waals surface area contributed by atoms with E-state index < -0.39 is 0 Å². The first kappa shape index (κ1) is 17.0. The monoisotopic (exact) mass is 308 g/mol. The molecule has 2 rings (SSSR count). The molecule has 1 fully saturated rings. The fourth-order valence-electron chi connectivity index (χ4n) is 4.07. The third kappa shape index (κ3) is 3.34. The van der Waals surface area contributed by atoms with E-state index in [0.717, 1.165) is 5.92 Å². The van der Waals surface area contributed by atoms with Crippen molar-refractivity contribution in [2.75, 3.05) is 0 Å². The van der Waals surface area contributed by atoms with Crippen LogP contribution in [0.5, 0.6) is 0 Å². The van der Waals surface area contributed by atoms with Crippen LogP contribution in [0.15, 0.2) is 0 Å². The highest BCUT2D eigenvalue weighted by atomic mass is 32.1. The molecule has 0 bridgehead atoms. The molecule has 1 aliphatic rings. The lowest BCUT2D eigenvalue weighted by Crippen LogP contribution is -2.55. The zero-order chi connectivity index (χ0) is 15.8. The molecule has 21 heavy (non-hydrogen) atoms. The van der Waals surface area contributed by atoms with E-state index in [2.05, 4.69) is 53.8 Å². The Balaban J connectivity index is 2.51. The second-order valence-electron chi connectivity index (χ2n) is 7.67. The number of hydrogen-bond donors (Lipinski definition) is 1. The van der Waals surface area contributed by atoms with Crippen LogP contribution in [0, 0.1) is 31.6 Å². The lowest BCUT2D eigenvalue weighted by molar-refractivity contribution is 0.0645. The van der Waals surface area contributed by atoms with Crippen molar-refractivity contribution in [3.63, 3.8) is 0 Å². The van der Waals surface area contributed by atoms with E-state index in [-0.39, 0.29) is 5.54 Å². The van der Waals surface area contributed by atoms with E-state index in [1.807, 2.05) is 11.3 Å². The number of aromatic nitrogens is 1. The summed E-state index contributed by atoms with van der Waals surface area (Å²) < 4.78 is 0. The Labute approximate surface area is 134 Å². The van der Waals surface area contributed by atoms with E-state index >= 15 is 0 Å². The summed E-state index contributed by atoms with van der Waals surface area (Å²) in [6.45, 7) is 16.1. The molecule has 1 aromatic heterocycles. The highest BCUT2D eigenvalue weighted by Crippen LogP contribution is 2.48. The second-order valence-corrected chi connectivity index (χ2v) is 8.87. The average molecular weight is 309 g/mol. The van der Waals surface area contributed by atoms with Crippen molar-refractivity contribution in [1.29, 1.82) is 0 Å². The summed E-state index contributed by atoms with van der Waals surface area (Å²) in [6.07, 6.45) is 3.89. The highest BCUT2D eigenvalue weighted by Gasteiger charge is 2.47. The molecular formula is C18H32N2S. The van der Waals surface area contributed by atoms with Crippen LogP contribution >= 0.6 is 11.3 Å². The van der Waals surface area contributed by atoms with Gasteiger partial charge in [-0.3, -0.25) is 0 Å². The number of thiazole rings is 1. The van der Waals surface area contributed by atoms with Gasteiger partial charge < -0.3 is 5.32 Å². The van der Waals surface area contributed by atoms with Crippen LogP contribution in [0.3, 0.4) is 0 Å². The molecule has 3 unspecified atom stereocenters. The SMILES string of the molecule is Cc1nc(C2(NC(C)C)CC(C)CCC2C(C)C)sc1C. The molecule has 0 spiro atoms. The Bertz CT molecular complexity index is 454. The fourth-order valence-corrected chi connectivity index (χ4v) is 5.21. The lowest BCUT2D eigenvalue weighted by Gasteiger charge is -2.49. The zero-order valence-electron chi connectivity index (χ0n) is 14.8. The largest absolute Gasteiger partial charge is 0.303 e. The maximum atomic E-state index is 4.98. The second kappa shape index (κ2) is 6.37. The van der Waals surface area contributed by atoms with Crippen LogP contribution in [-0.2, 0) is 5.54 Å². The summed E-state index contributed by atoms with van der Waals surface area (Å²) in [5, 5.41) is 5.29. The topological polar surface area (TPSA) is 24.9 Å².